The first-order chi connectivity index (χ1) is 8.80. The Hall–Kier alpha value is -1.44. The van der Waals surface area contributed by atoms with Crippen LogP contribution in [0.2, 0.25) is 0 Å². The smallest absolute Gasteiger partial charge is 0.335 e. The fourth-order valence-electron chi connectivity index (χ4n) is 1.44. The van der Waals surface area contributed by atoms with Crippen LogP contribution in [0, 0.1) is 0 Å². The molecule has 1 aromatic rings. The van der Waals surface area contributed by atoms with Crippen LogP contribution >= 0.6 is 0 Å². The molecule has 0 saturated heterocycles. The highest BCUT2D eigenvalue weighted by Gasteiger charge is 2.12. The number of carbonyl (C=O) groups is 1. The van der Waals surface area contributed by atoms with Crippen molar-refractivity contribution >= 4 is 16.0 Å². The molecule has 0 fully saturated rings. The molecule has 1 unspecified atom stereocenters. The summed E-state index contributed by atoms with van der Waals surface area (Å²) in [5.74, 6) is -1.27. The Kier molecular flexibility index (Phi) is 5.46. The molecule has 0 spiro atoms. The number of carboxylic acids is 1. The van der Waals surface area contributed by atoms with Gasteiger partial charge in [-0.3, -0.25) is 0 Å². The van der Waals surface area contributed by atoms with Crippen LogP contribution in [-0.2, 0) is 15.8 Å². The van der Waals surface area contributed by atoms with E-state index in [1.807, 2.05) is 0 Å². The minimum Gasteiger partial charge on any atom is -0.478 e. The molecule has 0 aliphatic carbocycles. The molecule has 1 rings (SSSR count). The maximum Gasteiger partial charge on any atom is 0.335 e. The highest BCUT2D eigenvalue weighted by molar-refractivity contribution is 7.88. The summed E-state index contributed by atoms with van der Waals surface area (Å²) < 4.78 is 25.8. The number of hydrogen-bond acceptors (Lipinski definition) is 4. The van der Waals surface area contributed by atoms with E-state index in [0.717, 1.165) is 0 Å². The summed E-state index contributed by atoms with van der Waals surface area (Å²) in [6.45, 7) is 1.76. The van der Waals surface area contributed by atoms with Crippen molar-refractivity contribution < 1.29 is 23.4 Å². The van der Waals surface area contributed by atoms with E-state index in [4.69, 9.17) is 10.2 Å². The minimum absolute atomic E-state index is 0.114. The van der Waals surface area contributed by atoms with Gasteiger partial charge in [0.1, 0.15) is 0 Å². The Morgan fingerprint density at radius 1 is 1.32 bits per heavy atom. The number of aliphatic hydroxyl groups is 1. The molecule has 0 aliphatic heterocycles. The third-order valence-corrected chi connectivity index (χ3v) is 3.80. The van der Waals surface area contributed by atoms with E-state index in [1.165, 1.54) is 24.3 Å². The molecular weight excluding hydrogens is 270 g/mol. The first-order valence-corrected chi connectivity index (χ1v) is 7.43. The van der Waals surface area contributed by atoms with E-state index in [1.54, 1.807) is 6.92 Å². The van der Waals surface area contributed by atoms with Crippen molar-refractivity contribution in [3.8, 4) is 0 Å². The number of carboxylic acid groups (broad SMARTS) is 1. The average molecular weight is 287 g/mol. The van der Waals surface area contributed by atoms with Gasteiger partial charge in [0.25, 0.3) is 0 Å². The summed E-state index contributed by atoms with van der Waals surface area (Å²) in [4.78, 5) is 10.6. The molecule has 1 aromatic carbocycles. The Morgan fingerprint density at radius 2 is 1.89 bits per heavy atom. The largest absolute Gasteiger partial charge is 0.478 e. The van der Waals surface area contributed by atoms with Crippen LogP contribution in [-0.4, -0.2) is 37.2 Å². The Labute approximate surface area is 112 Å². The van der Waals surface area contributed by atoms with Gasteiger partial charge in [-0.1, -0.05) is 12.1 Å². The van der Waals surface area contributed by atoms with E-state index in [-0.39, 0.29) is 17.9 Å². The monoisotopic (exact) mass is 287 g/mol. The van der Waals surface area contributed by atoms with Crippen LogP contribution < -0.4 is 4.72 Å². The van der Waals surface area contributed by atoms with Crippen LogP contribution in [0.4, 0.5) is 0 Å². The number of aliphatic hydroxyl groups excluding tert-OH is 1. The van der Waals surface area contributed by atoms with E-state index in [0.29, 0.717) is 12.0 Å². The molecule has 0 aliphatic rings. The van der Waals surface area contributed by atoms with Gasteiger partial charge in [0.15, 0.2) is 0 Å². The molecule has 6 nitrogen and oxygen atoms in total. The van der Waals surface area contributed by atoms with Crippen LogP contribution in [0.5, 0.6) is 0 Å². The third kappa shape index (κ3) is 5.82. The number of sulfonamides is 1. The maximum absolute atomic E-state index is 11.7. The maximum atomic E-state index is 11.7. The second-order valence-electron chi connectivity index (χ2n) is 4.29. The van der Waals surface area contributed by atoms with Crippen LogP contribution in [0.1, 0.15) is 29.3 Å². The zero-order valence-corrected chi connectivity index (χ0v) is 11.4. The quantitative estimate of drug-likeness (QED) is 0.680. The van der Waals surface area contributed by atoms with Crippen molar-refractivity contribution in [3.63, 3.8) is 0 Å². The predicted molar refractivity (Wildman–Crippen MR) is 70.3 cm³/mol. The second-order valence-corrected chi connectivity index (χ2v) is 6.10. The zero-order valence-electron chi connectivity index (χ0n) is 10.5. The Bertz CT molecular complexity index is 522. The third-order valence-electron chi connectivity index (χ3n) is 2.44. The predicted octanol–water partition coefficient (Wildman–Crippen LogP) is 0.575. The Morgan fingerprint density at radius 3 is 2.37 bits per heavy atom. The van der Waals surface area contributed by atoms with Crippen LogP contribution in [0.15, 0.2) is 24.3 Å². The van der Waals surface area contributed by atoms with Crippen molar-refractivity contribution in [2.45, 2.75) is 25.2 Å². The van der Waals surface area contributed by atoms with Gasteiger partial charge in [-0.05, 0) is 31.0 Å². The fraction of sp³-hybridized carbons (Fsp3) is 0.417. The van der Waals surface area contributed by atoms with Crippen molar-refractivity contribution in [3.05, 3.63) is 35.4 Å². The molecule has 3 N–H and O–H groups in total. The SMILES string of the molecule is CC(O)CCNS(=O)(=O)Cc1ccc(C(=O)O)cc1. The molecule has 106 valence electrons. The van der Waals surface area contributed by atoms with Gasteiger partial charge in [-0.15, -0.1) is 0 Å². The first kappa shape index (κ1) is 15.6. The fourth-order valence-corrected chi connectivity index (χ4v) is 2.60. The van der Waals surface area contributed by atoms with Crippen molar-refractivity contribution in [1.29, 1.82) is 0 Å². The van der Waals surface area contributed by atoms with Crippen LogP contribution in [0.3, 0.4) is 0 Å². The van der Waals surface area contributed by atoms with Crippen molar-refractivity contribution in [1.82, 2.24) is 4.72 Å². The Balaban J connectivity index is 2.60. The molecule has 1 atom stereocenters. The van der Waals surface area contributed by atoms with E-state index < -0.39 is 22.1 Å². The van der Waals surface area contributed by atoms with Gasteiger partial charge < -0.3 is 10.2 Å². The standard InChI is InChI=1S/C12H17NO5S/c1-9(14)6-7-13-19(17,18)8-10-2-4-11(5-3-10)12(15)16/h2-5,9,13-14H,6-8H2,1H3,(H,15,16). The van der Waals surface area contributed by atoms with Crippen molar-refractivity contribution in [2.75, 3.05) is 6.54 Å². The molecule has 0 saturated carbocycles. The molecular formula is C12H17NO5S. The summed E-state index contributed by atoms with van der Waals surface area (Å²) in [6.07, 6.45) is -0.213. The summed E-state index contributed by atoms with van der Waals surface area (Å²) in [5, 5.41) is 17.8. The topological polar surface area (TPSA) is 104 Å². The lowest BCUT2D eigenvalue weighted by Gasteiger charge is -2.08. The van der Waals surface area contributed by atoms with Crippen molar-refractivity contribution in [2.24, 2.45) is 0 Å². The lowest BCUT2D eigenvalue weighted by Crippen LogP contribution is -2.27. The molecule has 0 amide bonds. The highest BCUT2D eigenvalue weighted by atomic mass is 32.2. The number of benzene rings is 1. The number of rotatable bonds is 7. The number of hydrogen-bond donors (Lipinski definition) is 3. The minimum atomic E-state index is -3.47. The van der Waals surface area contributed by atoms with Gasteiger partial charge in [-0.2, -0.15) is 0 Å². The normalized spacial score (nSPS) is 13.2. The van der Waals surface area contributed by atoms with Gasteiger partial charge in [0.2, 0.25) is 10.0 Å². The van der Waals surface area contributed by atoms with Crippen LogP contribution in [0.25, 0.3) is 0 Å². The van der Waals surface area contributed by atoms with Gasteiger partial charge in [-0.25, -0.2) is 17.9 Å². The van der Waals surface area contributed by atoms with E-state index >= 15 is 0 Å². The molecule has 0 bridgehead atoms. The summed E-state index contributed by atoms with van der Waals surface area (Å²) in [5.41, 5.74) is 0.623. The van der Waals surface area contributed by atoms with Gasteiger partial charge >= 0.3 is 5.97 Å². The summed E-state index contributed by atoms with van der Waals surface area (Å²) >= 11 is 0. The van der Waals surface area contributed by atoms with E-state index in [2.05, 4.69) is 4.72 Å². The number of nitrogens with one attached hydrogen (secondary N) is 1. The average Bonchev–Trinajstić information content (AvgIpc) is 2.28. The second kappa shape index (κ2) is 6.65. The molecule has 0 radical (unpaired) electrons. The molecule has 19 heavy (non-hydrogen) atoms. The lowest BCUT2D eigenvalue weighted by atomic mass is 10.1. The first-order valence-electron chi connectivity index (χ1n) is 5.78. The summed E-state index contributed by atoms with van der Waals surface area (Å²) in [7, 11) is -3.47. The molecule has 0 aromatic heterocycles. The van der Waals surface area contributed by atoms with E-state index in [9.17, 15) is 13.2 Å². The summed E-state index contributed by atoms with van der Waals surface area (Å²) in [6, 6.07) is 5.67. The van der Waals surface area contributed by atoms with Gasteiger partial charge in [0.05, 0.1) is 17.4 Å². The molecule has 7 heteroatoms. The number of aromatic carboxylic acids is 1. The zero-order chi connectivity index (χ0) is 14.5. The molecule has 0 heterocycles. The van der Waals surface area contributed by atoms with Gasteiger partial charge in [0, 0.05) is 6.54 Å². The highest BCUT2D eigenvalue weighted by Crippen LogP contribution is 2.08. The lowest BCUT2D eigenvalue weighted by molar-refractivity contribution is 0.0697.